The largest absolute Gasteiger partial charge is 0.111 e. The molecule has 1 heterocycles. The van der Waals surface area contributed by atoms with Gasteiger partial charge in [0.1, 0.15) is 0 Å². The van der Waals surface area contributed by atoms with E-state index in [1.165, 1.54) is 11.3 Å². The molecule has 1 aromatic heterocycles. The molecule has 0 bridgehead atoms. The lowest BCUT2D eigenvalue weighted by Crippen LogP contribution is -1.55. The molecular weight excluding hydrogens is 163 g/mol. The molecule has 43 valence electrons. The Morgan fingerprint density at radius 1 is 1.50 bits per heavy atom. The van der Waals surface area contributed by atoms with Crippen LogP contribution in [0.2, 0.25) is 8.67 Å². The predicted molar refractivity (Wildman–Crippen MR) is 38.8 cm³/mol. The van der Waals surface area contributed by atoms with Crippen molar-refractivity contribution in [3.05, 3.63) is 27.2 Å². The van der Waals surface area contributed by atoms with Crippen molar-refractivity contribution < 1.29 is 0 Å². The van der Waals surface area contributed by atoms with Gasteiger partial charge in [-0.15, -0.1) is 11.3 Å². The van der Waals surface area contributed by atoms with Gasteiger partial charge in [-0.2, -0.15) is 0 Å². The van der Waals surface area contributed by atoms with Crippen LogP contribution in [0.3, 0.4) is 0 Å². The van der Waals surface area contributed by atoms with E-state index in [-0.39, 0.29) is 0 Å². The van der Waals surface area contributed by atoms with E-state index in [0.717, 1.165) is 5.56 Å². The fourth-order valence-corrected chi connectivity index (χ4v) is 1.72. The summed E-state index contributed by atoms with van der Waals surface area (Å²) in [6.45, 7) is 3.63. The molecule has 1 aromatic rings. The highest BCUT2D eigenvalue weighted by molar-refractivity contribution is 7.20. The summed E-state index contributed by atoms with van der Waals surface area (Å²) in [5.41, 5.74) is 0.807. The molecule has 0 amide bonds. The molecule has 1 rings (SSSR count). The molecular formula is C5H3Cl2S. The average Bonchev–Trinajstić information content (AvgIpc) is 1.85. The lowest BCUT2D eigenvalue weighted by atomic mass is 10.4. The highest BCUT2D eigenvalue weighted by Crippen LogP contribution is 2.29. The lowest BCUT2D eigenvalue weighted by Gasteiger charge is -1.76. The molecule has 0 fully saturated rings. The second-order valence-electron chi connectivity index (χ2n) is 1.35. The quantitative estimate of drug-likeness (QED) is 0.554. The maximum absolute atomic E-state index is 5.60. The molecule has 3 heteroatoms. The van der Waals surface area contributed by atoms with Crippen molar-refractivity contribution in [2.75, 3.05) is 0 Å². The van der Waals surface area contributed by atoms with Gasteiger partial charge in [-0.25, -0.2) is 0 Å². The highest BCUT2D eigenvalue weighted by atomic mass is 35.5. The van der Waals surface area contributed by atoms with Gasteiger partial charge >= 0.3 is 0 Å². The number of halogens is 2. The summed E-state index contributed by atoms with van der Waals surface area (Å²) in [6, 6.07) is 1.74. The normalized spacial score (nSPS) is 9.88. The van der Waals surface area contributed by atoms with Crippen LogP contribution in [-0.4, -0.2) is 0 Å². The van der Waals surface area contributed by atoms with E-state index in [1.54, 1.807) is 6.07 Å². The van der Waals surface area contributed by atoms with Crippen LogP contribution in [0.15, 0.2) is 6.07 Å². The molecule has 8 heavy (non-hydrogen) atoms. The molecule has 0 atom stereocenters. The van der Waals surface area contributed by atoms with Gasteiger partial charge in [-0.05, 0) is 18.6 Å². The van der Waals surface area contributed by atoms with Gasteiger partial charge < -0.3 is 0 Å². The Morgan fingerprint density at radius 3 is 2.25 bits per heavy atom. The van der Waals surface area contributed by atoms with Gasteiger partial charge in [-0.1, -0.05) is 23.2 Å². The number of hydrogen-bond acceptors (Lipinski definition) is 1. The summed E-state index contributed by atoms with van der Waals surface area (Å²) in [4.78, 5) is 0. The van der Waals surface area contributed by atoms with Crippen LogP contribution in [0.25, 0.3) is 0 Å². The van der Waals surface area contributed by atoms with E-state index in [2.05, 4.69) is 6.92 Å². The van der Waals surface area contributed by atoms with Crippen molar-refractivity contribution in [3.8, 4) is 0 Å². The van der Waals surface area contributed by atoms with Gasteiger partial charge in [-0.3, -0.25) is 0 Å². The Kier molecular flexibility index (Phi) is 1.81. The van der Waals surface area contributed by atoms with Crippen LogP contribution in [0.4, 0.5) is 0 Å². The van der Waals surface area contributed by atoms with E-state index in [4.69, 9.17) is 23.2 Å². The number of rotatable bonds is 0. The molecule has 0 spiro atoms. The molecule has 0 aliphatic heterocycles. The third kappa shape index (κ3) is 1.16. The van der Waals surface area contributed by atoms with Gasteiger partial charge in [0.25, 0.3) is 0 Å². The van der Waals surface area contributed by atoms with E-state index in [9.17, 15) is 0 Å². The van der Waals surface area contributed by atoms with Gasteiger partial charge in [0.15, 0.2) is 0 Å². The minimum atomic E-state index is 0.676. The predicted octanol–water partition coefficient (Wildman–Crippen LogP) is 3.24. The fourth-order valence-electron chi connectivity index (χ4n) is 0.374. The van der Waals surface area contributed by atoms with Crippen LogP contribution in [-0.2, 0) is 0 Å². The first-order valence-corrected chi connectivity index (χ1v) is 3.54. The lowest BCUT2D eigenvalue weighted by molar-refractivity contribution is 1.79. The Balaban J connectivity index is 3.14. The van der Waals surface area contributed by atoms with Crippen LogP contribution < -0.4 is 0 Å². The van der Waals surface area contributed by atoms with E-state index < -0.39 is 0 Å². The maximum Gasteiger partial charge on any atom is 0.0976 e. The zero-order chi connectivity index (χ0) is 6.15. The number of thiophene rings is 1. The monoisotopic (exact) mass is 165 g/mol. The second kappa shape index (κ2) is 2.26. The number of hydrogen-bond donors (Lipinski definition) is 0. The molecule has 0 saturated heterocycles. The van der Waals surface area contributed by atoms with Crippen LogP contribution in [0, 0.1) is 6.92 Å². The summed E-state index contributed by atoms with van der Waals surface area (Å²) in [7, 11) is 0. The average molecular weight is 166 g/mol. The standard InChI is InChI=1S/C5H3Cl2S/c1-3-2-4(6)8-5(3)7/h2H,1H2. The third-order valence-corrected chi connectivity index (χ3v) is 2.30. The first-order chi connectivity index (χ1) is 3.70. The van der Waals surface area contributed by atoms with Crippen molar-refractivity contribution in [2.45, 2.75) is 0 Å². The zero-order valence-electron chi connectivity index (χ0n) is 3.95. The molecule has 0 aliphatic carbocycles. The van der Waals surface area contributed by atoms with Crippen LogP contribution in [0.5, 0.6) is 0 Å². The Morgan fingerprint density at radius 2 is 2.12 bits per heavy atom. The Bertz CT molecular complexity index is 173. The van der Waals surface area contributed by atoms with Crippen molar-refractivity contribution in [2.24, 2.45) is 0 Å². The highest BCUT2D eigenvalue weighted by Gasteiger charge is 1.98. The van der Waals surface area contributed by atoms with E-state index >= 15 is 0 Å². The topological polar surface area (TPSA) is 0 Å². The second-order valence-corrected chi connectivity index (χ2v) is 3.64. The van der Waals surface area contributed by atoms with Gasteiger partial charge in [0, 0.05) is 0 Å². The van der Waals surface area contributed by atoms with Crippen LogP contribution >= 0.6 is 34.5 Å². The Labute approximate surface area is 62.0 Å². The SMILES string of the molecule is [CH2]c1cc(Cl)sc1Cl. The molecule has 0 nitrogen and oxygen atoms in total. The summed E-state index contributed by atoms with van der Waals surface area (Å²) in [5, 5.41) is 0. The molecule has 0 aliphatic rings. The fraction of sp³-hybridized carbons (Fsp3) is 0. The first kappa shape index (κ1) is 6.40. The molecule has 0 saturated carbocycles. The molecule has 0 aromatic carbocycles. The zero-order valence-corrected chi connectivity index (χ0v) is 6.28. The van der Waals surface area contributed by atoms with Crippen molar-refractivity contribution in [1.29, 1.82) is 0 Å². The molecule has 0 unspecified atom stereocenters. The molecule has 0 N–H and O–H groups in total. The third-order valence-electron chi connectivity index (χ3n) is 0.727. The van der Waals surface area contributed by atoms with Crippen LogP contribution in [0.1, 0.15) is 5.56 Å². The van der Waals surface area contributed by atoms with Gasteiger partial charge in [0.05, 0.1) is 8.67 Å². The smallest absolute Gasteiger partial charge is 0.0976 e. The minimum absolute atomic E-state index is 0.676. The maximum atomic E-state index is 5.60. The summed E-state index contributed by atoms with van der Waals surface area (Å²) < 4.78 is 1.37. The Hall–Kier alpha value is 0.280. The van der Waals surface area contributed by atoms with Crippen molar-refractivity contribution in [1.82, 2.24) is 0 Å². The minimum Gasteiger partial charge on any atom is -0.111 e. The van der Waals surface area contributed by atoms with E-state index in [0.29, 0.717) is 8.67 Å². The van der Waals surface area contributed by atoms with E-state index in [1.807, 2.05) is 0 Å². The summed E-state index contributed by atoms with van der Waals surface area (Å²) in [6.07, 6.45) is 0. The van der Waals surface area contributed by atoms with Crippen molar-refractivity contribution >= 4 is 34.5 Å². The van der Waals surface area contributed by atoms with Gasteiger partial charge in [0.2, 0.25) is 0 Å². The van der Waals surface area contributed by atoms with Crippen molar-refractivity contribution in [3.63, 3.8) is 0 Å². The first-order valence-electron chi connectivity index (χ1n) is 1.97. The molecule has 1 radical (unpaired) electrons. The summed E-state index contributed by atoms with van der Waals surface area (Å²) in [5.74, 6) is 0. The summed E-state index contributed by atoms with van der Waals surface area (Å²) >= 11 is 12.5.